The maximum Gasteiger partial charge on any atom is 0.172 e. The largest absolute Gasteiger partial charge is 0.367 e. The van der Waals surface area contributed by atoms with E-state index in [1.807, 2.05) is 30.3 Å². The molecule has 0 atom stereocenters. The number of aromatic nitrogens is 4. The van der Waals surface area contributed by atoms with Gasteiger partial charge in [0.1, 0.15) is 5.69 Å². The van der Waals surface area contributed by atoms with Crippen LogP contribution >= 0.6 is 22.9 Å². The number of benzene rings is 1. The van der Waals surface area contributed by atoms with Gasteiger partial charge in [0.15, 0.2) is 11.0 Å². The number of rotatable bonds is 5. The molecule has 0 unspecified atom stereocenters. The van der Waals surface area contributed by atoms with E-state index in [4.69, 9.17) is 11.6 Å². The molecule has 0 amide bonds. The molecule has 3 aromatic heterocycles. The Morgan fingerprint density at radius 3 is 2.71 bits per heavy atom. The first kappa shape index (κ1) is 15.1. The first-order valence-electron chi connectivity index (χ1n) is 7.53. The van der Waals surface area contributed by atoms with Gasteiger partial charge in [0.2, 0.25) is 0 Å². The van der Waals surface area contributed by atoms with E-state index in [1.165, 1.54) is 0 Å². The summed E-state index contributed by atoms with van der Waals surface area (Å²) in [5.74, 6) is 0.604. The van der Waals surface area contributed by atoms with Crippen molar-refractivity contribution >= 4 is 39.8 Å². The summed E-state index contributed by atoms with van der Waals surface area (Å²) in [5, 5.41) is 5.70. The highest BCUT2D eigenvalue weighted by molar-refractivity contribution is 7.13. The zero-order chi connectivity index (χ0) is 16.4. The van der Waals surface area contributed by atoms with Crippen molar-refractivity contribution in [3.05, 3.63) is 59.0 Å². The average Bonchev–Trinajstić information content (AvgIpc) is 3.26. The molecule has 3 heterocycles. The SMILES string of the molecule is Clc1nc2ccccc2nc1NCCc1[nH]cnc1-c1cccs1. The number of hydrogen-bond donors (Lipinski definition) is 2. The van der Waals surface area contributed by atoms with Gasteiger partial charge in [-0.2, -0.15) is 0 Å². The summed E-state index contributed by atoms with van der Waals surface area (Å²) in [7, 11) is 0. The number of nitrogens with one attached hydrogen (secondary N) is 2. The van der Waals surface area contributed by atoms with Gasteiger partial charge in [-0.3, -0.25) is 0 Å². The molecule has 0 saturated carbocycles. The van der Waals surface area contributed by atoms with Crippen molar-refractivity contribution in [2.24, 2.45) is 0 Å². The van der Waals surface area contributed by atoms with Gasteiger partial charge >= 0.3 is 0 Å². The molecule has 0 aliphatic rings. The Hall–Kier alpha value is -2.44. The first-order chi connectivity index (χ1) is 11.8. The molecule has 4 rings (SSSR count). The Morgan fingerprint density at radius 2 is 1.92 bits per heavy atom. The van der Waals surface area contributed by atoms with Gasteiger partial charge in [-0.05, 0) is 23.6 Å². The van der Waals surface area contributed by atoms with Crippen LogP contribution in [0.1, 0.15) is 5.69 Å². The van der Waals surface area contributed by atoms with Crippen molar-refractivity contribution in [2.45, 2.75) is 6.42 Å². The second kappa shape index (κ2) is 6.59. The van der Waals surface area contributed by atoms with Crippen LogP contribution in [0.4, 0.5) is 5.82 Å². The summed E-state index contributed by atoms with van der Waals surface area (Å²) in [6, 6.07) is 11.8. The monoisotopic (exact) mass is 355 g/mol. The molecular formula is C17H14ClN5S. The summed E-state index contributed by atoms with van der Waals surface area (Å²) in [5.41, 5.74) is 3.71. The number of H-pyrrole nitrogens is 1. The standard InChI is InChI=1S/C17H14ClN5S/c18-16-17(23-12-5-2-1-4-11(12)22-16)19-8-7-13-15(21-10-20-13)14-6-3-9-24-14/h1-6,9-10H,7-8H2,(H,19,23)(H,20,21). The predicted octanol–water partition coefficient (Wildman–Crippen LogP) is 4.39. The number of thiophene rings is 1. The number of halogens is 1. The molecule has 0 aliphatic carbocycles. The van der Waals surface area contributed by atoms with Crippen LogP contribution in [-0.2, 0) is 6.42 Å². The highest BCUT2D eigenvalue weighted by Crippen LogP contribution is 2.26. The van der Waals surface area contributed by atoms with Crippen molar-refractivity contribution in [1.29, 1.82) is 0 Å². The van der Waals surface area contributed by atoms with E-state index < -0.39 is 0 Å². The van der Waals surface area contributed by atoms with E-state index in [0.717, 1.165) is 33.7 Å². The maximum atomic E-state index is 6.22. The van der Waals surface area contributed by atoms with Crippen LogP contribution in [0.25, 0.3) is 21.6 Å². The van der Waals surface area contributed by atoms with E-state index in [9.17, 15) is 0 Å². The third-order valence-corrected chi connectivity index (χ3v) is 4.81. The van der Waals surface area contributed by atoms with Gasteiger partial charge in [0, 0.05) is 18.7 Å². The Labute approximate surface area is 147 Å². The summed E-state index contributed by atoms with van der Waals surface area (Å²) in [4.78, 5) is 17.7. The van der Waals surface area contributed by atoms with Crippen molar-refractivity contribution in [3.63, 3.8) is 0 Å². The van der Waals surface area contributed by atoms with Crippen LogP contribution in [0, 0.1) is 0 Å². The van der Waals surface area contributed by atoms with E-state index in [-0.39, 0.29) is 0 Å². The predicted molar refractivity (Wildman–Crippen MR) is 98.6 cm³/mol. The lowest BCUT2D eigenvalue weighted by atomic mass is 10.2. The zero-order valence-electron chi connectivity index (χ0n) is 12.7. The minimum Gasteiger partial charge on any atom is -0.367 e. The molecule has 0 aliphatic heterocycles. The average molecular weight is 356 g/mol. The van der Waals surface area contributed by atoms with Crippen molar-refractivity contribution in [3.8, 4) is 10.6 Å². The molecule has 2 N–H and O–H groups in total. The lowest BCUT2D eigenvalue weighted by Crippen LogP contribution is -2.08. The Balaban J connectivity index is 1.49. The molecular weight excluding hydrogens is 342 g/mol. The lowest BCUT2D eigenvalue weighted by Gasteiger charge is -2.08. The normalized spacial score (nSPS) is 11.0. The Morgan fingerprint density at radius 1 is 1.08 bits per heavy atom. The highest BCUT2D eigenvalue weighted by Gasteiger charge is 2.10. The second-order valence-electron chi connectivity index (χ2n) is 5.24. The smallest absolute Gasteiger partial charge is 0.172 e. The Bertz CT molecular complexity index is 964. The summed E-state index contributed by atoms with van der Waals surface area (Å²) >= 11 is 7.90. The van der Waals surface area contributed by atoms with Gasteiger partial charge in [-0.25, -0.2) is 15.0 Å². The highest BCUT2D eigenvalue weighted by atomic mass is 35.5. The number of imidazole rings is 1. The van der Waals surface area contributed by atoms with Gasteiger partial charge in [-0.15, -0.1) is 11.3 Å². The molecule has 0 bridgehead atoms. The molecule has 0 radical (unpaired) electrons. The minimum absolute atomic E-state index is 0.386. The van der Waals surface area contributed by atoms with Crippen molar-refractivity contribution in [2.75, 3.05) is 11.9 Å². The van der Waals surface area contributed by atoms with Crippen LogP contribution in [0.3, 0.4) is 0 Å². The van der Waals surface area contributed by atoms with Gasteiger partial charge < -0.3 is 10.3 Å². The molecule has 24 heavy (non-hydrogen) atoms. The fourth-order valence-electron chi connectivity index (χ4n) is 2.53. The molecule has 1 aromatic carbocycles. The third kappa shape index (κ3) is 2.98. The minimum atomic E-state index is 0.386. The number of aromatic amines is 1. The number of nitrogens with zero attached hydrogens (tertiary/aromatic N) is 3. The summed E-state index contributed by atoms with van der Waals surface area (Å²) < 4.78 is 0. The Kier molecular flexibility index (Phi) is 4.15. The van der Waals surface area contributed by atoms with Crippen LogP contribution in [0.15, 0.2) is 48.1 Å². The molecule has 7 heteroatoms. The zero-order valence-corrected chi connectivity index (χ0v) is 14.2. The van der Waals surface area contributed by atoms with E-state index in [2.05, 4.69) is 36.7 Å². The van der Waals surface area contributed by atoms with Crippen LogP contribution in [0.2, 0.25) is 5.15 Å². The quantitative estimate of drug-likeness (QED) is 0.557. The molecule has 4 aromatic rings. The summed E-state index contributed by atoms with van der Waals surface area (Å²) in [6.45, 7) is 0.688. The fraction of sp³-hybridized carbons (Fsp3) is 0.118. The number of anilines is 1. The number of fused-ring (bicyclic) bond motifs is 1. The first-order valence-corrected chi connectivity index (χ1v) is 8.79. The number of para-hydroxylation sites is 2. The molecule has 120 valence electrons. The van der Waals surface area contributed by atoms with Gasteiger partial charge in [0.25, 0.3) is 0 Å². The maximum absolute atomic E-state index is 6.22. The lowest BCUT2D eigenvalue weighted by molar-refractivity contribution is 0.970. The van der Waals surface area contributed by atoms with Crippen LogP contribution in [0.5, 0.6) is 0 Å². The molecule has 0 fully saturated rings. The van der Waals surface area contributed by atoms with Crippen LogP contribution in [-0.4, -0.2) is 26.5 Å². The second-order valence-corrected chi connectivity index (χ2v) is 6.54. The topological polar surface area (TPSA) is 66.5 Å². The van der Waals surface area contributed by atoms with Crippen molar-refractivity contribution < 1.29 is 0 Å². The van der Waals surface area contributed by atoms with E-state index >= 15 is 0 Å². The van der Waals surface area contributed by atoms with Crippen LogP contribution < -0.4 is 5.32 Å². The third-order valence-electron chi connectivity index (χ3n) is 3.67. The summed E-state index contributed by atoms with van der Waals surface area (Å²) in [6.07, 6.45) is 2.52. The van der Waals surface area contributed by atoms with E-state index in [0.29, 0.717) is 17.5 Å². The van der Waals surface area contributed by atoms with Gasteiger partial charge in [-0.1, -0.05) is 29.8 Å². The van der Waals surface area contributed by atoms with Gasteiger partial charge in [0.05, 0.1) is 22.2 Å². The molecule has 5 nitrogen and oxygen atoms in total. The molecule has 0 saturated heterocycles. The van der Waals surface area contributed by atoms with Crippen molar-refractivity contribution in [1.82, 2.24) is 19.9 Å². The fourth-order valence-corrected chi connectivity index (χ4v) is 3.48. The van der Waals surface area contributed by atoms with E-state index in [1.54, 1.807) is 17.7 Å². The number of hydrogen-bond acceptors (Lipinski definition) is 5. The molecule has 0 spiro atoms.